The Kier molecular flexibility index (Phi) is 4.83. The second-order valence-corrected chi connectivity index (χ2v) is 2.95. The lowest BCUT2D eigenvalue weighted by Crippen LogP contribution is -2.09. The monoisotopic (exact) mass is 211 g/mol. The molecule has 0 atom stereocenters. The van der Waals surface area contributed by atoms with Crippen LogP contribution in [-0.4, -0.2) is 29.8 Å². The van der Waals surface area contributed by atoms with E-state index in [2.05, 4.69) is 9.97 Å². The number of hydrogen-bond donors (Lipinski definition) is 1. The fourth-order valence-corrected chi connectivity index (χ4v) is 1.07. The quantitative estimate of drug-likeness (QED) is 0.712. The number of aromatic nitrogens is 2. The molecule has 1 rings (SSSR count). The molecule has 0 spiro atoms. The summed E-state index contributed by atoms with van der Waals surface area (Å²) < 4.78 is 10.5. The first kappa shape index (κ1) is 11.7. The normalized spacial score (nSPS) is 10.3. The second kappa shape index (κ2) is 6.19. The van der Waals surface area contributed by atoms with Crippen LogP contribution in [-0.2, 0) is 11.2 Å². The first-order chi connectivity index (χ1) is 7.26. The minimum atomic E-state index is 0.438. The minimum Gasteiger partial charge on any atom is -0.475 e. The molecule has 0 aliphatic rings. The van der Waals surface area contributed by atoms with Gasteiger partial charge in [-0.05, 0) is 6.92 Å². The van der Waals surface area contributed by atoms with Crippen LogP contribution in [0, 0.1) is 0 Å². The van der Waals surface area contributed by atoms with Gasteiger partial charge < -0.3 is 15.2 Å². The lowest BCUT2D eigenvalue weighted by atomic mass is 10.4. The van der Waals surface area contributed by atoms with Gasteiger partial charge in [0.15, 0.2) is 0 Å². The Morgan fingerprint density at radius 1 is 1.27 bits per heavy atom. The van der Waals surface area contributed by atoms with Crippen LogP contribution >= 0.6 is 0 Å². The summed E-state index contributed by atoms with van der Waals surface area (Å²) in [5, 5.41) is 0. The maximum Gasteiger partial charge on any atom is 0.218 e. The summed E-state index contributed by atoms with van der Waals surface area (Å²) in [6, 6.07) is 1.62. The second-order valence-electron chi connectivity index (χ2n) is 2.95. The van der Waals surface area contributed by atoms with E-state index in [-0.39, 0.29) is 0 Å². The molecule has 84 valence electrons. The number of nitrogens with two attached hydrogens (primary N) is 1. The average molecular weight is 211 g/mol. The van der Waals surface area contributed by atoms with Crippen molar-refractivity contribution in [3.63, 3.8) is 0 Å². The molecule has 2 N–H and O–H groups in total. The van der Waals surface area contributed by atoms with E-state index in [1.165, 1.54) is 0 Å². The van der Waals surface area contributed by atoms with E-state index in [0.717, 1.165) is 6.42 Å². The molecular weight excluding hydrogens is 194 g/mol. The van der Waals surface area contributed by atoms with Gasteiger partial charge in [0.25, 0.3) is 0 Å². The highest BCUT2D eigenvalue weighted by atomic mass is 16.5. The number of aryl methyl sites for hydroxylation is 1. The fourth-order valence-electron chi connectivity index (χ4n) is 1.07. The van der Waals surface area contributed by atoms with E-state index in [9.17, 15) is 0 Å². The van der Waals surface area contributed by atoms with Gasteiger partial charge in [0.2, 0.25) is 5.88 Å². The largest absolute Gasteiger partial charge is 0.475 e. The van der Waals surface area contributed by atoms with E-state index >= 15 is 0 Å². The standard InChI is InChI=1S/C10H17N3O2/c1-3-9-12-8(11)7-10(13-9)15-6-5-14-4-2/h7H,3-6H2,1-2H3,(H2,11,12,13). The molecule has 15 heavy (non-hydrogen) atoms. The molecule has 5 heteroatoms. The van der Waals surface area contributed by atoms with Gasteiger partial charge in [-0.15, -0.1) is 0 Å². The molecule has 0 aromatic carbocycles. The van der Waals surface area contributed by atoms with Crippen molar-refractivity contribution in [1.29, 1.82) is 0 Å². The summed E-state index contributed by atoms with van der Waals surface area (Å²) >= 11 is 0. The number of nitrogen functional groups attached to an aromatic ring is 1. The molecule has 5 nitrogen and oxygen atoms in total. The molecule has 0 unspecified atom stereocenters. The van der Waals surface area contributed by atoms with Gasteiger partial charge in [0.1, 0.15) is 18.2 Å². The number of ether oxygens (including phenoxy) is 2. The molecule has 0 bridgehead atoms. The molecule has 0 amide bonds. The number of rotatable bonds is 6. The van der Waals surface area contributed by atoms with Crippen LogP contribution in [0.1, 0.15) is 19.7 Å². The van der Waals surface area contributed by atoms with Crippen LogP contribution in [0.25, 0.3) is 0 Å². The molecule has 0 saturated carbocycles. The Balaban J connectivity index is 2.49. The van der Waals surface area contributed by atoms with Crippen LogP contribution in [0.5, 0.6) is 5.88 Å². The third-order valence-electron chi connectivity index (χ3n) is 1.77. The van der Waals surface area contributed by atoms with Crippen LogP contribution in [0.15, 0.2) is 6.07 Å². The molecule has 0 saturated heterocycles. The predicted molar refractivity (Wildman–Crippen MR) is 57.8 cm³/mol. The summed E-state index contributed by atoms with van der Waals surface area (Å²) in [6.07, 6.45) is 0.743. The van der Waals surface area contributed by atoms with Crippen LogP contribution in [0.4, 0.5) is 5.82 Å². The molecule has 0 radical (unpaired) electrons. The summed E-state index contributed by atoms with van der Waals surface area (Å²) in [6.45, 7) is 5.64. The Bertz CT molecular complexity index is 305. The number of hydrogen-bond acceptors (Lipinski definition) is 5. The highest BCUT2D eigenvalue weighted by Gasteiger charge is 2.01. The van der Waals surface area contributed by atoms with Crippen molar-refractivity contribution in [2.75, 3.05) is 25.6 Å². The zero-order valence-corrected chi connectivity index (χ0v) is 9.19. The molecule has 1 aromatic heterocycles. The van der Waals surface area contributed by atoms with Gasteiger partial charge in [-0.3, -0.25) is 0 Å². The van der Waals surface area contributed by atoms with Crippen molar-refractivity contribution < 1.29 is 9.47 Å². The smallest absolute Gasteiger partial charge is 0.218 e. The molecule has 1 heterocycles. The summed E-state index contributed by atoms with van der Waals surface area (Å²) in [5.74, 6) is 1.65. The van der Waals surface area contributed by atoms with Crippen molar-refractivity contribution in [3.05, 3.63) is 11.9 Å². The molecule has 0 fully saturated rings. The molecule has 1 aromatic rings. The Morgan fingerprint density at radius 3 is 2.73 bits per heavy atom. The highest BCUT2D eigenvalue weighted by Crippen LogP contribution is 2.10. The zero-order valence-electron chi connectivity index (χ0n) is 9.19. The minimum absolute atomic E-state index is 0.438. The van der Waals surface area contributed by atoms with Gasteiger partial charge in [-0.2, -0.15) is 4.98 Å². The van der Waals surface area contributed by atoms with Gasteiger partial charge in [-0.25, -0.2) is 4.98 Å². The summed E-state index contributed by atoms with van der Waals surface area (Å²) in [5.41, 5.74) is 5.60. The third-order valence-corrected chi connectivity index (χ3v) is 1.77. The lowest BCUT2D eigenvalue weighted by Gasteiger charge is -2.06. The average Bonchev–Trinajstić information content (AvgIpc) is 2.23. The Labute approximate surface area is 89.6 Å². The van der Waals surface area contributed by atoms with Gasteiger partial charge >= 0.3 is 0 Å². The number of anilines is 1. The highest BCUT2D eigenvalue weighted by molar-refractivity contribution is 5.32. The SMILES string of the molecule is CCOCCOc1cc(N)nc(CC)n1. The van der Waals surface area contributed by atoms with Crippen molar-refractivity contribution in [3.8, 4) is 5.88 Å². The lowest BCUT2D eigenvalue weighted by molar-refractivity contribution is 0.108. The van der Waals surface area contributed by atoms with Crippen molar-refractivity contribution in [2.24, 2.45) is 0 Å². The van der Waals surface area contributed by atoms with E-state index in [1.807, 2.05) is 13.8 Å². The molecule has 0 aliphatic carbocycles. The van der Waals surface area contributed by atoms with Gasteiger partial charge in [0, 0.05) is 19.1 Å². The Hall–Kier alpha value is -1.36. The summed E-state index contributed by atoms with van der Waals surface area (Å²) in [7, 11) is 0. The predicted octanol–water partition coefficient (Wildman–Crippen LogP) is 1.04. The van der Waals surface area contributed by atoms with Crippen molar-refractivity contribution in [1.82, 2.24) is 9.97 Å². The van der Waals surface area contributed by atoms with E-state index in [4.69, 9.17) is 15.2 Å². The fraction of sp³-hybridized carbons (Fsp3) is 0.600. The molecule has 0 aliphatic heterocycles. The first-order valence-corrected chi connectivity index (χ1v) is 5.10. The van der Waals surface area contributed by atoms with Crippen molar-refractivity contribution >= 4 is 5.82 Å². The van der Waals surface area contributed by atoms with Crippen LogP contribution < -0.4 is 10.5 Å². The van der Waals surface area contributed by atoms with Gasteiger partial charge in [-0.1, -0.05) is 6.92 Å². The summed E-state index contributed by atoms with van der Waals surface area (Å²) in [4.78, 5) is 8.23. The zero-order chi connectivity index (χ0) is 11.1. The first-order valence-electron chi connectivity index (χ1n) is 5.10. The molecular formula is C10H17N3O2. The van der Waals surface area contributed by atoms with Gasteiger partial charge in [0.05, 0.1) is 6.61 Å². The maximum atomic E-state index is 5.60. The van der Waals surface area contributed by atoms with E-state index < -0.39 is 0 Å². The third kappa shape index (κ3) is 4.12. The van der Waals surface area contributed by atoms with E-state index in [1.54, 1.807) is 6.07 Å². The Morgan fingerprint density at radius 2 is 2.07 bits per heavy atom. The topological polar surface area (TPSA) is 70.3 Å². The maximum absolute atomic E-state index is 5.60. The van der Waals surface area contributed by atoms with Crippen LogP contribution in [0.3, 0.4) is 0 Å². The number of nitrogens with zero attached hydrogens (tertiary/aromatic N) is 2. The van der Waals surface area contributed by atoms with Crippen LogP contribution in [0.2, 0.25) is 0 Å². The van der Waals surface area contributed by atoms with E-state index in [0.29, 0.717) is 37.3 Å². The van der Waals surface area contributed by atoms with Crippen molar-refractivity contribution in [2.45, 2.75) is 20.3 Å².